The van der Waals surface area contributed by atoms with Gasteiger partial charge >= 0.3 is 0 Å². The van der Waals surface area contributed by atoms with Crippen molar-refractivity contribution in [1.82, 2.24) is 9.78 Å². The summed E-state index contributed by atoms with van der Waals surface area (Å²) < 4.78 is 1.77. The maximum absolute atomic E-state index is 6.15. The quantitative estimate of drug-likeness (QED) is 0.900. The molecular formula is C14H16ClN3. The summed E-state index contributed by atoms with van der Waals surface area (Å²) in [5.41, 5.74) is 9.45. The van der Waals surface area contributed by atoms with E-state index in [1.165, 1.54) is 6.42 Å². The Labute approximate surface area is 112 Å². The third kappa shape index (κ3) is 1.79. The maximum atomic E-state index is 6.15. The molecule has 0 spiro atoms. The Kier molecular flexibility index (Phi) is 2.59. The molecule has 1 fully saturated rings. The smallest absolute Gasteiger partial charge is 0.129 e. The molecule has 4 heteroatoms. The van der Waals surface area contributed by atoms with Gasteiger partial charge in [0.2, 0.25) is 0 Å². The zero-order valence-corrected chi connectivity index (χ0v) is 11.3. The Morgan fingerprint density at radius 3 is 2.50 bits per heavy atom. The molecule has 3 rings (SSSR count). The summed E-state index contributed by atoms with van der Waals surface area (Å²) in [6, 6.07) is 7.80. The number of aromatic nitrogens is 2. The molecule has 1 saturated carbocycles. The Bertz CT molecular complexity index is 586. The van der Waals surface area contributed by atoms with Crippen LogP contribution in [0.1, 0.15) is 25.0 Å². The molecule has 2 unspecified atom stereocenters. The fourth-order valence-corrected chi connectivity index (χ4v) is 2.56. The Morgan fingerprint density at radius 1 is 1.33 bits per heavy atom. The molecule has 2 aromatic rings. The Morgan fingerprint density at radius 2 is 1.94 bits per heavy atom. The van der Waals surface area contributed by atoms with Crippen molar-refractivity contribution >= 4 is 17.4 Å². The van der Waals surface area contributed by atoms with Crippen LogP contribution in [0.25, 0.3) is 11.1 Å². The van der Waals surface area contributed by atoms with E-state index in [1.807, 2.05) is 31.3 Å². The monoisotopic (exact) mass is 261 g/mol. The van der Waals surface area contributed by atoms with Crippen LogP contribution < -0.4 is 5.73 Å². The number of nitrogens with zero attached hydrogens (tertiary/aromatic N) is 2. The lowest BCUT2D eigenvalue weighted by atomic mass is 10.0. The van der Waals surface area contributed by atoms with Gasteiger partial charge in [0, 0.05) is 23.6 Å². The van der Waals surface area contributed by atoms with Crippen LogP contribution in [0.4, 0.5) is 5.82 Å². The molecule has 0 bridgehead atoms. The van der Waals surface area contributed by atoms with Crippen LogP contribution in [0.15, 0.2) is 24.3 Å². The second-order valence-electron chi connectivity index (χ2n) is 5.10. The van der Waals surface area contributed by atoms with Gasteiger partial charge in [-0.2, -0.15) is 5.10 Å². The van der Waals surface area contributed by atoms with E-state index >= 15 is 0 Å². The standard InChI is InChI=1S/C14H16ClN3/c1-8-7-11(8)13-12(14(16)18(2)17-13)9-3-5-10(15)6-4-9/h3-6,8,11H,7,16H2,1-2H3. The highest BCUT2D eigenvalue weighted by Crippen LogP contribution is 2.50. The van der Waals surface area contributed by atoms with Gasteiger partial charge in [-0.1, -0.05) is 30.7 Å². The van der Waals surface area contributed by atoms with Gasteiger partial charge in [0.25, 0.3) is 0 Å². The number of aryl methyl sites for hydroxylation is 1. The molecule has 18 heavy (non-hydrogen) atoms. The van der Waals surface area contributed by atoms with Crippen LogP contribution in [-0.4, -0.2) is 9.78 Å². The van der Waals surface area contributed by atoms with Gasteiger partial charge in [0.15, 0.2) is 0 Å². The highest BCUT2D eigenvalue weighted by Gasteiger charge is 2.38. The summed E-state index contributed by atoms with van der Waals surface area (Å²) in [5.74, 6) is 2.00. The van der Waals surface area contributed by atoms with Crippen molar-refractivity contribution in [3.8, 4) is 11.1 Å². The lowest BCUT2D eigenvalue weighted by Gasteiger charge is -2.04. The summed E-state index contributed by atoms with van der Waals surface area (Å²) in [6.07, 6.45) is 1.21. The van der Waals surface area contributed by atoms with Crippen LogP contribution in [0.5, 0.6) is 0 Å². The van der Waals surface area contributed by atoms with E-state index in [4.69, 9.17) is 17.3 Å². The van der Waals surface area contributed by atoms with Crippen LogP contribution in [-0.2, 0) is 7.05 Å². The van der Waals surface area contributed by atoms with Crippen LogP contribution >= 0.6 is 11.6 Å². The number of hydrogen-bond donors (Lipinski definition) is 1. The first kappa shape index (κ1) is 11.6. The van der Waals surface area contributed by atoms with Gasteiger partial charge in [-0.15, -0.1) is 0 Å². The van der Waals surface area contributed by atoms with Crippen LogP contribution in [0, 0.1) is 5.92 Å². The number of nitrogen functional groups attached to an aromatic ring is 1. The van der Waals surface area contributed by atoms with Crippen LogP contribution in [0.3, 0.4) is 0 Å². The first-order valence-corrected chi connectivity index (χ1v) is 6.54. The minimum Gasteiger partial charge on any atom is -0.383 e. The fraction of sp³-hybridized carbons (Fsp3) is 0.357. The van der Waals surface area contributed by atoms with Gasteiger partial charge in [0.1, 0.15) is 5.82 Å². The second-order valence-corrected chi connectivity index (χ2v) is 5.53. The molecule has 0 saturated heterocycles. The van der Waals surface area contributed by atoms with Crippen molar-refractivity contribution in [2.45, 2.75) is 19.3 Å². The van der Waals surface area contributed by atoms with E-state index in [-0.39, 0.29) is 0 Å². The van der Waals surface area contributed by atoms with Gasteiger partial charge in [-0.3, -0.25) is 4.68 Å². The number of rotatable bonds is 2. The summed E-state index contributed by atoms with van der Waals surface area (Å²) >= 11 is 5.93. The number of nitrogens with two attached hydrogens (primary N) is 1. The topological polar surface area (TPSA) is 43.8 Å². The molecule has 94 valence electrons. The fourth-order valence-electron chi connectivity index (χ4n) is 2.43. The summed E-state index contributed by atoms with van der Waals surface area (Å²) in [5, 5.41) is 5.32. The third-order valence-electron chi connectivity index (χ3n) is 3.71. The molecule has 1 heterocycles. The summed E-state index contributed by atoms with van der Waals surface area (Å²) in [6.45, 7) is 2.25. The molecular weight excluding hydrogens is 246 g/mol. The lowest BCUT2D eigenvalue weighted by molar-refractivity contribution is 0.743. The highest BCUT2D eigenvalue weighted by molar-refractivity contribution is 6.30. The first-order valence-electron chi connectivity index (χ1n) is 6.16. The minimum absolute atomic E-state index is 0.555. The average Bonchev–Trinajstić information content (AvgIpc) is 2.99. The van der Waals surface area contributed by atoms with Crippen molar-refractivity contribution in [3.63, 3.8) is 0 Å². The average molecular weight is 262 g/mol. The molecule has 0 radical (unpaired) electrons. The molecule has 1 aliphatic carbocycles. The van der Waals surface area contributed by atoms with Crippen molar-refractivity contribution in [2.75, 3.05) is 5.73 Å². The molecule has 1 aromatic heterocycles. The molecule has 3 nitrogen and oxygen atoms in total. The zero-order valence-electron chi connectivity index (χ0n) is 10.5. The van der Waals surface area contributed by atoms with E-state index in [9.17, 15) is 0 Å². The van der Waals surface area contributed by atoms with Gasteiger partial charge in [-0.25, -0.2) is 0 Å². The third-order valence-corrected chi connectivity index (χ3v) is 3.96. The number of benzene rings is 1. The lowest BCUT2D eigenvalue weighted by Crippen LogP contribution is -1.97. The van der Waals surface area contributed by atoms with Crippen molar-refractivity contribution in [3.05, 3.63) is 35.0 Å². The molecule has 1 aromatic carbocycles. The Balaban J connectivity index is 2.12. The van der Waals surface area contributed by atoms with Crippen molar-refractivity contribution in [1.29, 1.82) is 0 Å². The number of anilines is 1. The molecule has 1 aliphatic rings. The maximum Gasteiger partial charge on any atom is 0.129 e. The van der Waals surface area contributed by atoms with Crippen molar-refractivity contribution in [2.24, 2.45) is 13.0 Å². The Hall–Kier alpha value is -1.48. The van der Waals surface area contributed by atoms with Crippen molar-refractivity contribution < 1.29 is 0 Å². The number of halogens is 1. The predicted molar refractivity (Wildman–Crippen MR) is 74.6 cm³/mol. The largest absolute Gasteiger partial charge is 0.383 e. The second kappa shape index (κ2) is 4.02. The highest BCUT2D eigenvalue weighted by atomic mass is 35.5. The van der Waals surface area contributed by atoms with Gasteiger partial charge < -0.3 is 5.73 Å². The normalized spacial score (nSPS) is 22.2. The molecule has 0 aliphatic heterocycles. The molecule has 2 N–H and O–H groups in total. The van der Waals surface area contributed by atoms with E-state index in [0.717, 1.165) is 27.7 Å². The van der Waals surface area contributed by atoms with Gasteiger partial charge in [0.05, 0.1) is 5.69 Å². The minimum atomic E-state index is 0.555. The van der Waals surface area contributed by atoms with E-state index in [0.29, 0.717) is 11.8 Å². The van der Waals surface area contributed by atoms with E-state index in [2.05, 4.69) is 12.0 Å². The SMILES string of the molecule is CC1CC1c1nn(C)c(N)c1-c1ccc(Cl)cc1. The van der Waals surface area contributed by atoms with Gasteiger partial charge in [-0.05, 0) is 30.0 Å². The first-order chi connectivity index (χ1) is 8.58. The summed E-state index contributed by atoms with van der Waals surface area (Å²) in [7, 11) is 1.89. The molecule has 2 atom stereocenters. The van der Waals surface area contributed by atoms with Crippen LogP contribution in [0.2, 0.25) is 5.02 Å². The molecule has 0 amide bonds. The van der Waals surface area contributed by atoms with E-state index < -0.39 is 0 Å². The number of hydrogen-bond acceptors (Lipinski definition) is 2. The summed E-state index contributed by atoms with van der Waals surface area (Å²) in [4.78, 5) is 0. The van der Waals surface area contributed by atoms with E-state index in [1.54, 1.807) is 4.68 Å². The predicted octanol–water partition coefficient (Wildman–Crippen LogP) is 3.45. The zero-order chi connectivity index (χ0) is 12.9.